The van der Waals surface area contributed by atoms with Gasteiger partial charge in [-0.15, -0.1) is 0 Å². The standard InChI is InChI=1S/C24H22N2O4/c1-24(2)16-18-11-8-12-20(22(18)29-24)28-14-7-6-13-25-23(27)19-15-21(30-26-19)17-9-4-3-5-10-17/h3-5,8-12,15H,13-14,16H2,1-2H3,(H,25,27). The van der Waals surface area contributed by atoms with E-state index in [1.54, 1.807) is 6.07 Å². The highest BCUT2D eigenvalue weighted by Crippen LogP contribution is 2.41. The van der Waals surface area contributed by atoms with Gasteiger partial charge in [0.05, 0.1) is 6.54 Å². The molecule has 0 saturated carbocycles. The molecule has 0 unspecified atom stereocenters. The number of nitrogens with zero attached hydrogens (tertiary/aromatic N) is 1. The molecule has 1 N–H and O–H groups in total. The number of para-hydroxylation sites is 1. The molecule has 4 rings (SSSR count). The molecule has 3 aromatic rings. The van der Waals surface area contributed by atoms with Crippen molar-refractivity contribution < 1.29 is 18.8 Å². The molecule has 1 aliphatic heterocycles. The van der Waals surface area contributed by atoms with Crippen LogP contribution in [-0.4, -0.2) is 29.8 Å². The fraction of sp³-hybridized carbons (Fsp3) is 0.250. The van der Waals surface area contributed by atoms with Gasteiger partial charge in [0, 0.05) is 23.6 Å². The number of fused-ring (bicyclic) bond motifs is 1. The van der Waals surface area contributed by atoms with Crippen molar-refractivity contribution in [1.82, 2.24) is 10.5 Å². The van der Waals surface area contributed by atoms with E-state index in [0.29, 0.717) is 11.5 Å². The normalized spacial score (nSPS) is 13.5. The second kappa shape index (κ2) is 8.34. The number of rotatable bonds is 5. The first-order valence-electron chi connectivity index (χ1n) is 9.72. The Bertz CT molecular complexity index is 1110. The second-order valence-electron chi connectivity index (χ2n) is 7.55. The van der Waals surface area contributed by atoms with E-state index in [9.17, 15) is 4.79 Å². The van der Waals surface area contributed by atoms with E-state index in [2.05, 4.69) is 36.2 Å². The van der Waals surface area contributed by atoms with Crippen LogP contribution in [0.3, 0.4) is 0 Å². The molecule has 30 heavy (non-hydrogen) atoms. The third-order valence-electron chi connectivity index (χ3n) is 4.62. The SMILES string of the molecule is CC1(C)Cc2cccc(OCC#CCNC(=O)c3cc(-c4ccccc4)on3)c2O1. The van der Waals surface area contributed by atoms with Crippen LogP contribution in [0.4, 0.5) is 0 Å². The Morgan fingerprint density at radius 3 is 2.83 bits per heavy atom. The lowest BCUT2D eigenvalue weighted by molar-refractivity contribution is 0.0949. The fourth-order valence-electron chi connectivity index (χ4n) is 3.26. The number of aromatic nitrogens is 1. The van der Waals surface area contributed by atoms with E-state index in [0.717, 1.165) is 23.3 Å². The van der Waals surface area contributed by atoms with Gasteiger partial charge in [0.2, 0.25) is 0 Å². The number of amides is 1. The average Bonchev–Trinajstić information content (AvgIpc) is 3.35. The van der Waals surface area contributed by atoms with Crippen LogP contribution in [0.2, 0.25) is 0 Å². The predicted molar refractivity (Wildman–Crippen MR) is 112 cm³/mol. The molecule has 0 atom stereocenters. The van der Waals surface area contributed by atoms with Crippen LogP contribution in [-0.2, 0) is 6.42 Å². The van der Waals surface area contributed by atoms with Gasteiger partial charge in [-0.3, -0.25) is 4.79 Å². The van der Waals surface area contributed by atoms with E-state index in [1.165, 1.54) is 0 Å². The zero-order chi connectivity index (χ0) is 21.0. The van der Waals surface area contributed by atoms with Crippen molar-refractivity contribution in [2.45, 2.75) is 25.9 Å². The summed E-state index contributed by atoms with van der Waals surface area (Å²) in [4.78, 5) is 12.2. The van der Waals surface area contributed by atoms with Gasteiger partial charge in [0.15, 0.2) is 23.0 Å². The Labute approximate surface area is 175 Å². The third-order valence-corrected chi connectivity index (χ3v) is 4.62. The molecule has 2 aromatic carbocycles. The molecule has 6 nitrogen and oxygen atoms in total. The highest BCUT2D eigenvalue weighted by atomic mass is 16.5. The van der Waals surface area contributed by atoms with Gasteiger partial charge in [-0.25, -0.2) is 0 Å². The molecular formula is C24H22N2O4. The predicted octanol–water partition coefficient (Wildman–Crippen LogP) is 3.87. The van der Waals surface area contributed by atoms with Crippen molar-refractivity contribution in [3.05, 3.63) is 65.9 Å². The topological polar surface area (TPSA) is 73.6 Å². The minimum Gasteiger partial charge on any atom is -0.483 e. The van der Waals surface area contributed by atoms with Crippen molar-refractivity contribution in [2.75, 3.05) is 13.2 Å². The molecule has 0 saturated heterocycles. The summed E-state index contributed by atoms with van der Waals surface area (Å²) in [6.07, 6.45) is 0.852. The Morgan fingerprint density at radius 2 is 2.00 bits per heavy atom. The van der Waals surface area contributed by atoms with Gasteiger partial charge in [0.1, 0.15) is 12.2 Å². The van der Waals surface area contributed by atoms with E-state index in [-0.39, 0.29) is 30.4 Å². The summed E-state index contributed by atoms with van der Waals surface area (Å²) in [6, 6.07) is 17.0. The summed E-state index contributed by atoms with van der Waals surface area (Å²) in [7, 11) is 0. The first-order valence-corrected chi connectivity index (χ1v) is 9.72. The van der Waals surface area contributed by atoms with Crippen LogP contribution >= 0.6 is 0 Å². The number of carbonyl (C=O) groups excluding carboxylic acids is 1. The molecule has 0 bridgehead atoms. The van der Waals surface area contributed by atoms with Crippen LogP contribution in [0.5, 0.6) is 11.5 Å². The monoisotopic (exact) mass is 402 g/mol. The van der Waals surface area contributed by atoms with E-state index in [4.69, 9.17) is 14.0 Å². The minimum atomic E-state index is -0.340. The molecular weight excluding hydrogens is 380 g/mol. The number of ether oxygens (including phenoxy) is 2. The summed E-state index contributed by atoms with van der Waals surface area (Å²) in [5.74, 6) is 7.45. The van der Waals surface area contributed by atoms with Gasteiger partial charge >= 0.3 is 0 Å². The van der Waals surface area contributed by atoms with Crippen LogP contribution < -0.4 is 14.8 Å². The van der Waals surface area contributed by atoms with Crippen LogP contribution in [0.25, 0.3) is 11.3 Å². The summed E-state index contributed by atoms with van der Waals surface area (Å²) in [5.41, 5.74) is 1.99. The van der Waals surface area contributed by atoms with Crippen LogP contribution in [0, 0.1) is 11.8 Å². The smallest absolute Gasteiger partial charge is 0.274 e. The first-order chi connectivity index (χ1) is 14.5. The third kappa shape index (κ3) is 4.47. The molecule has 152 valence electrons. The molecule has 0 radical (unpaired) electrons. The Morgan fingerprint density at radius 1 is 1.17 bits per heavy atom. The lowest BCUT2D eigenvalue weighted by Crippen LogP contribution is -2.24. The van der Waals surface area contributed by atoms with E-state index in [1.807, 2.05) is 48.5 Å². The lowest BCUT2D eigenvalue weighted by Gasteiger charge is -2.17. The molecule has 0 spiro atoms. The zero-order valence-electron chi connectivity index (χ0n) is 16.9. The summed E-state index contributed by atoms with van der Waals surface area (Å²) >= 11 is 0. The van der Waals surface area contributed by atoms with Crippen molar-refractivity contribution >= 4 is 5.91 Å². The van der Waals surface area contributed by atoms with Gasteiger partial charge in [-0.1, -0.05) is 59.5 Å². The quantitative estimate of drug-likeness (QED) is 0.656. The van der Waals surface area contributed by atoms with Gasteiger partial charge in [0.25, 0.3) is 5.91 Å². The zero-order valence-corrected chi connectivity index (χ0v) is 16.9. The van der Waals surface area contributed by atoms with Crippen molar-refractivity contribution in [3.63, 3.8) is 0 Å². The maximum atomic E-state index is 12.2. The van der Waals surface area contributed by atoms with Gasteiger partial charge < -0.3 is 19.3 Å². The number of hydrogen-bond acceptors (Lipinski definition) is 5. The van der Waals surface area contributed by atoms with E-state index >= 15 is 0 Å². The molecule has 0 fully saturated rings. The molecule has 6 heteroatoms. The highest BCUT2D eigenvalue weighted by Gasteiger charge is 2.32. The Hall–Kier alpha value is -3.72. The second-order valence-corrected chi connectivity index (χ2v) is 7.55. The number of hydrogen-bond donors (Lipinski definition) is 1. The molecule has 1 aliphatic rings. The minimum absolute atomic E-state index is 0.187. The molecule has 0 aliphatic carbocycles. The summed E-state index contributed by atoms with van der Waals surface area (Å²) in [5, 5.41) is 6.52. The Kier molecular flexibility index (Phi) is 5.44. The van der Waals surface area contributed by atoms with Crippen molar-refractivity contribution in [3.8, 4) is 34.7 Å². The maximum Gasteiger partial charge on any atom is 0.274 e. The van der Waals surface area contributed by atoms with Gasteiger partial charge in [-0.2, -0.15) is 0 Å². The van der Waals surface area contributed by atoms with Crippen LogP contribution in [0.1, 0.15) is 29.9 Å². The van der Waals surface area contributed by atoms with Crippen molar-refractivity contribution in [2.24, 2.45) is 0 Å². The number of benzene rings is 2. The molecule has 1 amide bonds. The molecule has 1 aromatic heterocycles. The van der Waals surface area contributed by atoms with Crippen molar-refractivity contribution in [1.29, 1.82) is 0 Å². The fourth-order valence-corrected chi connectivity index (χ4v) is 3.26. The average molecular weight is 402 g/mol. The summed E-state index contributed by atoms with van der Waals surface area (Å²) < 4.78 is 17.0. The van der Waals surface area contributed by atoms with Gasteiger partial charge in [-0.05, 0) is 19.9 Å². The first kappa shape index (κ1) is 19.6. The molecule has 2 heterocycles. The highest BCUT2D eigenvalue weighted by molar-refractivity contribution is 5.93. The number of nitrogens with one attached hydrogen (secondary N) is 1. The van der Waals surface area contributed by atoms with E-state index < -0.39 is 0 Å². The number of carbonyl (C=O) groups is 1. The van der Waals surface area contributed by atoms with Crippen LogP contribution in [0.15, 0.2) is 59.1 Å². The Balaban J connectivity index is 1.26. The summed E-state index contributed by atoms with van der Waals surface area (Å²) in [6.45, 7) is 4.50. The lowest BCUT2D eigenvalue weighted by atomic mass is 10.0. The maximum absolute atomic E-state index is 12.2. The largest absolute Gasteiger partial charge is 0.483 e.